The van der Waals surface area contributed by atoms with E-state index in [0.29, 0.717) is 0 Å². The van der Waals surface area contributed by atoms with Crippen LogP contribution in [0.15, 0.2) is 49.1 Å². The third-order valence-electron chi connectivity index (χ3n) is 5.60. The average molecular weight is 363 g/mol. The van der Waals surface area contributed by atoms with Gasteiger partial charge in [-0.15, -0.1) is 0 Å². The van der Waals surface area contributed by atoms with Crippen LogP contribution in [0.25, 0.3) is 16.7 Å². The van der Waals surface area contributed by atoms with Gasteiger partial charge in [0.25, 0.3) is 0 Å². The molecule has 0 aromatic heterocycles. The summed E-state index contributed by atoms with van der Waals surface area (Å²) in [4.78, 5) is 0. The summed E-state index contributed by atoms with van der Waals surface area (Å²) in [5.74, 6) is 1.68. The Hall–Kier alpha value is -2.48. The molecule has 0 amide bonds. The van der Waals surface area contributed by atoms with Crippen LogP contribution in [0.5, 0.6) is 11.5 Å². The zero-order valence-corrected chi connectivity index (χ0v) is 17.3. The topological polar surface area (TPSA) is 18.5 Å². The molecule has 0 fully saturated rings. The Morgan fingerprint density at radius 2 is 2.00 bits per heavy atom. The number of rotatable bonds is 5. The maximum absolute atomic E-state index is 6.33. The molecule has 0 spiro atoms. The molecule has 142 valence electrons. The predicted octanol–water partition coefficient (Wildman–Crippen LogP) is 7.13. The smallest absolute Gasteiger partial charge is 0.143 e. The molecule has 0 radical (unpaired) electrons. The molecule has 2 aromatic rings. The Morgan fingerprint density at radius 1 is 1.26 bits per heavy atom. The third kappa shape index (κ3) is 3.41. The molecular weight excluding hydrogens is 332 g/mol. The first-order valence-corrected chi connectivity index (χ1v) is 9.63. The van der Waals surface area contributed by atoms with E-state index in [1.54, 1.807) is 7.11 Å². The molecule has 1 atom stereocenters. The SMILES string of the molecule is C=CC1Oc2cccc(OC)c2-c2ccc(C)c(/C(C)=C\C(C)(C)CC)c21. The van der Waals surface area contributed by atoms with Crippen LogP contribution in [0.1, 0.15) is 56.9 Å². The normalized spacial score (nSPS) is 16.2. The van der Waals surface area contributed by atoms with Crippen molar-refractivity contribution in [3.05, 3.63) is 65.8 Å². The van der Waals surface area contributed by atoms with Crippen LogP contribution in [0.3, 0.4) is 0 Å². The Balaban J connectivity index is 2.33. The molecule has 2 heteroatoms. The standard InChI is InChI=1S/C25H30O2/c1-8-19-24-18(23-20(26-7)11-10-12-21(23)27-19)14-13-16(3)22(24)17(4)15-25(5,6)9-2/h8,10-15,19H,1,9H2,2-7H3/b17-15-. The van der Waals surface area contributed by atoms with Gasteiger partial charge >= 0.3 is 0 Å². The van der Waals surface area contributed by atoms with Crippen LogP contribution in [0.4, 0.5) is 0 Å². The van der Waals surface area contributed by atoms with Gasteiger partial charge in [0, 0.05) is 5.56 Å². The molecule has 2 nitrogen and oxygen atoms in total. The van der Waals surface area contributed by atoms with E-state index in [-0.39, 0.29) is 11.5 Å². The lowest BCUT2D eigenvalue weighted by atomic mass is 9.81. The fraction of sp³-hybridized carbons (Fsp3) is 0.360. The van der Waals surface area contributed by atoms with E-state index in [4.69, 9.17) is 9.47 Å². The van der Waals surface area contributed by atoms with Crippen LogP contribution < -0.4 is 9.47 Å². The molecular formula is C25H30O2. The zero-order chi connectivity index (χ0) is 19.8. The summed E-state index contributed by atoms with van der Waals surface area (Å²) >= 11 is 0. The highest BCUT2D eigenvalue weighted by atomic mass is 16.5. The van der Waals surface area contributed by atoms with Crippen LogP contribution in [-0.4, -0.2) is 7.11 Å². The van der Waals surface area contributed by atoms with Crippen molar-refractivity contribution >= 4 is 5.57 Å². The van der Waals surface area contributed by atoms with Crippen molar-refractivity contribution in [1.29, 1.82) is 0 Å². The van der Waals surface area contributed by atoms with Gasteiger partial charge < -0.3 is 9.47 Å². The lowest BCUT2D eigenvalue weighted by Gasteiger charge is -2.31. The lowest BCUT2D eigenvalue weighted by Crippen LogP contribution is -2.16. The lowest BCUT2D eigenvalue weighted by molar-refractivity contribution is 0.250. The van der Waals surface area contributed by atoms with Crippen molar-refractivity contribution in [2.45, 2.75) is 47.1 Å². The van der Waals surface area contributed by atoms with Gasteiger partial charge in [-0.25, -0.2) is 0 Å². The summed E-state index contributed by atoms with van der Waals surface area (Å²) < 4.78 is 12.0. The summed E-state index contributed by atoms with van der Waals surface area (Å²) in [7, 11) is 1.71. The molecule has 3 rings (SSSR count). The molecule has 0 aliphatic carbocycles. The van der Waals surface area contributed by atoms with Gasteiger partial charge in [-0.05, 0) is 66.2 Å². The maximum Gasteiger partial charge on any atom is 0.143 e. The first kappa shape index (κ1) is 19.3. The molecule has 1 aliphatic heterocycles. The van der Waals surface area contributed by atoms with E-state index in [1.165, 1.54) is 27.8 Å². The minimum atomic E-state index is -0.178. The fourth-order valence-electron chi connectivity index (χ4n) is 3.93. The Kier molecular flexibility index (Phi) is 5.19. The van der Waals surface area contributed by atoms with Crippen molar-refractivity contribution in [1.82, 2.24) is 0 Å². The number of hydrogen-bond donors (Lipinski definition) is 0. The summed E-state index contributed by atoms with van der Waals surface area (Å²) in [6, 6.07) is 10.3. The average Bonchev–Trinajstić information content (AvgIpc) is 2.65. The number of hydrogen-bond acceptors (Lipinski definition) is 2. The van der Waals surface area contributed by atoms with Gasteiger partial charge in [-0.2, -0.15) is 0 Å². The molecule has 0 saturated carbocycles. The Morgan fingerprint density at radius 3 is 2.63 bits per heavy atom. The van der Waals surface area contributed by atoms with Gasteiger partial charge in [0.15, 0.2) is 0 Å². The minimum absolute atomic E-state index is 0.147. The molecule has 0 bridgehead atoms. The summed E-state index contributed by atoms with van der Waals surface area (Å²) in [6.07, 6.45) is 5.19. The van der Waals surface area contributed by atoms with Crippen molar-refractivity contribution in [2.75, 3.05) is 7.11 Å². The molecule has 2 aromatic carbocycles. The molecule has 1 heterocycles. The maximum atomic E-state index is 6.33. The number of benzene rings is 2. The van der Waals surface area contributed by atoms with Crippen LogP contribution >= 0.6 is 0 Å². The minimum Gasteiger partial charge on any atom is -0.496 e. The highest BCUT2D eigenvalue weighted by Gasteiger charge is 2.30. The molecule has 0 N–H and O–H groups in total. The van der Waals surface area contributed by atoms with Crippen LogP contribution in [0.2, 0.25) is 0 Å². The summed E-state index contributed by atoms with van der Waals surface area (Å²) in [5, 5.41) is 0. The molecule has 0 saturated heterocycles. The van der Waals surface area contributed by atoms with E-state index < -0.39 is 0 Å². The van der Waals surface area contributed by atoms with Crippen LogP contribution in [-0.2, 0) is 0 Å². The summed E-state index contributed by atoms with van der Waals surface area (Å²) in [6.45, 7) is 15.2. The van der Waals surface area contributed by atoms with E-state index in [0.717, 1.165) is 23.5 Å². The highest BCUT2D eigenvalue weighted by Crippen LogP contribution is 2.50. The van der Waals surface area contributed by atoms with Crippen molar-refractivity contribution in [3.8, 4) is 22.6 Å². The number of fused-ring (bicyclic) bond motifs is 3. The first-order valence-electron chi connectivity index (χ1n) is 9.63. The zero-order valence-electron chi connectivity index (χ0n) is 17.3. The Labute approximate surface area is 163 Å². The summed E-state index contributed by atoms with van der Waals surface area (Å²) in [5.41, 5.74) is 7.32. The van der Waals surface area contributed by atoms with E-state index in [2.05, 4.69) is 59.4 Å². The van der Waals surface area contributed by atoms with Gasteiger partial charge in [0.05, 0.1) is 12.7 Å². The monoisotopic (exact) mass is 362 g/mol. The van der Waals surface area contributed by atoms with Gasteiger partial charge in [0.2, 0.25) is 0 Å². The largest absolute Gasteiger partial charge is 0.496 e. The van der Waals surface area contributed by atoms with Gasteiger partial charge in [0.1, 0.15) is 17.6 Å². The quantitative estimate of drug-likeness (QED) is 0.527. The second-order valence-electron chi connectivity index (χ2n) is 8.00. The van der Waals surface area contributed by atoms with Crippen molar-refractivity contribution < 1.29 is 9.47 Å². The molecule has 27 heavy (non-hydrogen) atoms. The predicted molar refractivity (Wildman–Crippen MR) is 114 cm³/mol. The van der Waals surface area contributed by atoms with E-state index in [9.17, 15) is 0 Å². The van der Waals surface area contributed by atoms with Crippen molar-refractivity contribution in [3.63, 3.8) is 0 Å². The Bertz CT molecular complexity index is 903. The highest BCUT2D eigenvalue weighted by molar-refractivity contribution is 5.86. The van der Waals surface area contributed by atoms with E-state index in [1.807, 2.05) is 24.3 Å². The number of aryl methyl sites for hydroxylation is 1. The van der Waals surface area contributed by atoms with E-state index >= 15 is 0 Å². The first-order chi connectivity index (χ1) is 12.8. The number of ether oxygens (including phenoxy) is 2. The molecule has 1 aliphatic rings. The number of methoxy groups -OCH3 is 1. The van der Waals surface area contributed by atoms with Gasteiger partial charge in [-0.3, -0.25) is 0 Å². The van der Waals surface area contributed by atoms with Gasteiger partial charge in [-0.1, -0.05) is 51.6 Å². The molecule has 1 unspecified atom stereocenters. The third-order valence-corrected chi connectivity index (χ3v) is 5.60. The second-order valence-corrected chi connectivity index (χ2v) is 8.00. The van der Waals surface area contributed by atoms with Crippen molar-refractivity contribution in [2.24, 2.45) is 5.41 Å². The van der Waals surface area contributed by atoms with Crippen LogP contribution in [0, 0.1) is 12.3 Å². The number of allylic oxidation sites excluding steroid dienone is 2. The second kappa shape index (κ2) is 7.26. The fourth-order valence-corrected chi connectivity index (χ4v) is 3.93.